The summed E-state index contributed by atoms with van der Waals surface area (Å²) in [6.07, 6.45) is 13.8. The number of aromatic amines is 1. The first-order valence-corrected chi connectivity index (χ1v) is 15.0. The van der Waals surface area contributed by atoms with Crippen molar-refractivity contribution in [3.05, 3.63) is 33.9 Å². The molecule has 3 unspecified atom stereocenters. The number of carbonyl (C=O) groups is 1. The third kappa shape index (κ3) is 3.16. The van der Waals surface area contributed by atoms with E-state index in [9.17, 15) is 9.90 Å². The van der Waals surface area contributed by atoms with Crippen LogP contribution in [-0.4, -0.2) is 21.0 Å². The van der Waals surface area contributed by atoms with Crippen LogP contribution in [0.25, 0.3) is 0 Å². The van der Waals surface area contributed by atoms with Crippen molar-refractivity contribution >= 4 is 18.2 Å². The lowest BCUT2D eigenvalue weighted by atomic mass is 9.33. The number of hydrogen-bond donors (Lipinski definition) is 2. The molecule has 2 N–H and O–H groups in total. The van der Waals surface area contributed by atoms with Gasteiger partial charge in [-0.3, -0.25) is 4.79 Å². The van der Waals surface area contributed by atoms with Gasteiger partial charge in [-0.15, -0.1) is 0 Å². The zero-order valence-corrected chi connectivity index (χ0v) is 24.8. The maximum Gasteiger partial charge on any atom is 0.310 e. The maximum absolute atomic E-state index is 12.9. The summed E-state index contributed by atoms with van der Waals surface area (Å²) < 4.78 is 0.591. The summed E-state index contributed by atoms with van der Waals surface area (Å²) in [5.74, 6) is 0.766. The van der Waals surface area contributed by atoms with Crippen molar-refractivity contribution in [2.24, 2.45) is 44.8 Å². The van der Waals surface area contributed by atoms with Crippen LogP contribution in [-0.2, 0) is 16.6 Å². The van der Waals surface area contributed by atoms with Crippen molar-refractivity contribution in [1.82, 2.24) is 9.97 Å². The first-order valence-electron chi connectivity index (χ1n) is 14.6. The molecule has 7 atom stereocenters. The Morgan fingerprint density at radius 3 is 2.43 bits per heavy atom. The molecule has 0 bridgehead atoms. The molecule has 202 valence electrons. The van der Waals surface area contributed by atoms with Crippen molar-refractivity contribution in [3.8, 4) is 0 Å². The van der Waals surface area contributed by atoms with E-state index < -0.39 is 11.4 Å². The summed E-state index contributed by atoms with van der Waals surface area (Å²) in [6.45, 7) is 17.2. The van der Waals surface area contributed by atoms with Crippen LogP contribution in [0.15, 0.2) is 17.8 Å². The fraction of sp³-hybridized carbons (Fsp3) is 0.781. The molecule has 1 aromatic heterocycles. The van der Waals surface area contributed by atoms with Crippen LogP contribution in [0.4, 0.5) is 0 Å². The lowest BCUT2D eigenvalue weighted by Gasteiger charge is -2.70. The number of carboxylic acids is 1. The van der Waals surface area contributed by atoms with Crippen molar-refractivity contribution in [2.75, 3.05) is 0 Å². The van der Waals surface area contributed by atoms with Gasteiger partial charge in [-0.1, -0.05) is 60.1 Å². The highest BCUT2D eigenvalue weighted by atomic mass is 32.1. The van der Waals surface area contributed by atoms with Crippen molar-refractivity contribution in [3.63, 3.8) is 0 Å². The number of rotatable bonds is 1. The molecule has 3 fully saturated rings. The molecule has 37 heavy (non-hydrogen) atoms. The molecule has 5 aliphatic carbocycles. The van der Waals surface area contributed by atoms with Gasteiger partial charge in [0.25, 0.3) is 0 Å². The smallest absolute Gasteiger partial charge is 0.310 e. The van der Waals surface area contributed by atoms with E-state index in [0.29, 0.717) is 16.6 Å². The van der Waals surface area contributed by atoms with Crippen LogP contribution in [0.2, 0.25) is 0 Å². The minimum atomic E-state index is -0.569. The average Bonchev–Trinajstić information content (AvgIpc) is 2.79. The summed E-state index contributed by atoms with van der Waals surface area (Å²) in [6, 6.07) is 0. The molecule has 0 aliphatic heterocycles. The standard InChI is InChI=1S/C32H46N2O2S/c1-27(2)12-14-32(25(35)36)15-13-30(6)20(21(32)17-27)8-9-23-29(5)16-19-18-33-26(37)34-24(19)28(3,4)22(29)10-11-31(23,30)7/h8,18,21-23H,9-17H2,1-7H3,(H,35,36)(H,33,34,37)/t21?,22?,23?,29-,30+,31+,32-/m0/s1. The Kier molecular flexibility index (Phi) is 5.28. The Morgan fingerprint density at radius 2 is 1.73 bits per heavy atom. The lowest BCUT2D eigenvalue weighted by Crippen LogP contribution is -2.64. The molecule has 5 aliphatic rings. The van der Waals surface area contributed by atoms with E-state index in [0.717, 1.165) is 44.9 Å². The van der Waals surface area contributed by atoms with Crippen LogP contribution in [0, 0.1) is 49.6 Å². The zero-order valence-electron chi connectivity index (χ0n) is 24.0. The molecular weight excluding hydrogens is 476 g/mol. The Balaban J connectivity index is 1.47. The van der Waals surface area contributed by atoms with Gasteiger partial charge in [0, 0.05) is 17.3 Å². The largest absolute Gasteiger partial charge is 0.481 e. The van der Waals surface area contributed by atoms with Gasteiger partial charge in [0.05, 0.1) is 5.41 Å². The number of H-pyrrole nitrogens is 1. The molecule has 0 amide bonds. The molecule has 0 saturated heterocycles. The average molecular weight is 523 g/mol. The van der Waals surface area contributed by atoms with Gasteiger partial charge in [-0.25, -0.2) is 4.98 Å². The minimum absolute atomic E-state index is 0.0173. The zero-order chi connectivity index (χ0) is 26.8. The Morgan fingerprint density at radius 1 is 1.03 bits per heavy atom. The van der Waals surface area contributed by atoms with Gasteiger partial charge in [-0.05, 0) is 115 Å². The summed E-state index contributed by atoms with van der Waals surface area (Å²) in [5, 5.41) is 10.6. The van der Waals surface area contributed by atoms with Gasteiger partial charge in [0.1, 0.15) is 0 Å². The molecular formula is C32H46N2O2S. The van der Waals surface area contributed by atoms with E-state index in [-0.39, 0.29) is 33.0 Å². The fourth-order valence-corrected chi connectivity index (χ4v) is 11.3. The molecule has 0 spiro atoms. The third-order valence-corrected chi connectivity index (χ3v) is 13.5. The van der Waals surface area contributed by atoms with E-state index >= 15 is 0 Å². The Bertz CT molecular complexity index is 1260. The molecule has 6 rings (SSSR count). The van der Waals surface area contributed by atoms with E-state index in [1.54, 1.807) is 0 Å². The predicted octanol–water partition coefficient (Wildman–Crippen LogP) is 8.04. The van der Waals surface area contributed by atoms with Crippen LogP contribution < -0.4 is 0 Å². The molecule has 1 heterocycles. The monoisotopic (exact) mass is 522 g/mol. The summed E-state index contributed by atoms with van der Waals surface area (Å²) >= 11 is 5.44. The molecule has 3 saturated carbocycles. The summed E-state index contributed by atoms with van der Waals surface area (Å²) in [4.78, 5) is 20.9. The van der Waals surface area contributed by atoms with E-state index in [1.807, 2.05) is 6.20 Å². The van der Waals surface area contributed by atoms with Gasteiger partial charge < -0.3 is 10.1 Å². The second-order valence-corrected chi connectivity index (χ2v) is 16.1. The summed E-state index contributed by atoms with van der Waals surface area (Å²) in [5.41, 5.74) is 4.18. The molecule has 5 heteroatoms. The first-order chi connectivity index (χ1) is 17.1. The Labute approximate surface area is 228 Å². The van der Waals surface area contributed by atoms with Crippen molar-refractivity contribution < 1.29 is 9.90 Å². The molecule has 4 nitrogen and oxygen atoms in total. The van der Waals surface area contributed by atoms with Gasteiger partial charge in [0.2, 0.25) is 0 Å². The second-order valence-electron chi connectivity index (χ2n) is 15.7. The number of hydrogen-bond acceptors (Lipinski definition) is 3. The maximum atomic E-state index is 12.9. The second kappa shape index (κ2) is 7.58. The first kappa shape index (κ1) is 25.8. The van der Waals surface area contributed by atoms with Crippen molar-refractivity contribution in [2.45, 2.75) is 112 Å². The SMILES string of the molecule is CC1(C)CC[C@]2(C(=O)O)CC[C@]3(C)C(=CCC4[C@@]5(C)Cc6cnc(=S)[nH]c6C(C)(C)C5CC[C@]43C)C2C1. The number of nitrogens with one attached hydrogen (secondary N) is 1. The highest BCUT2D eigenvalue weighted by Crippen LogP contribution is 2.75. The van der Waals surface area contributed by atoms with Gasteiger partial charge in [0.15, 0.2) is 4.77 Å². The van der Waals surface area contributed by atoms with E-state index in [2.05, 4.69) is 64.5 Å². The lowest BCUT2D eigenvalue weighted by molar-refractivity contribution is -0.177. The number of nitrogens with zero attached hydrogens (tertiary/aromatic N) is 1. The number of aromatic nitrogens is 2. The van der Waals surface area contributed by atoms with E-state index in [4.69, 9.17) is 12.2 Å². The van der Waals surface area contributed by atoms with Gasteiger partial charge >= 0.3 is 5.97 Å². The molecule has 0 radical (unpaired) electrons. The van der Waals surface area contributed by atoms with Crippen LogP contribution in [0.1, 0.15) is 111 Å². The number of carboxylic acid groups (broad SMARTS) is 1. The van der Waals surface area contributed by atoms with Crippen LogP contribution >= 0.6 is 12.2 Å². The topological polar surface area (TPSA) is 66.0 Å². The van der Waals surface area contributed by atoms with Crippen LogP contribution in [0.3, 0.4) is 0 Å². The molecule has 1 aromatic rings. The normalized spacial score (nSPS) is 45.3. The summed E-state index contributed by atoms with van der Waals surface area (Å²) in [7, 11) is 0. The predicted molar refractivity (Wildman–Crippen MR) is 150 cm³/mol. The number of fused-ring (bicyclic) bond motifs is 8. The third-order valence-electron chi connectivity index (χ3n) is 13.3. The highest BCUT2D eigenvalue weighted by molar-refractivity contribution is 7.71. The highest BCUT2D eigenvalue weighted by Gasteiger charge is 2.69. The van der Waals surface area contributed by atoms with E-state index in [1.165, 1.54) is 29.7 Å². The Hall–Kier alpha value is -1.49. The fourth-order valence-electron chi connectivity index (χ4n) is 11.1. The van der Waals surface area contributed by atoms with Crippen LogP contribution in [0.5, 0.6) is 0 Å². The number of aliphatic carboxylic acids is 1. The van der Waals surface area contributed by atoms with Gasteiger partial charge in [-0.2, -0.15) is 0 Å². The molecule has 0 aromatic carbocycles. The number of allylic oxidation sites excluding steroid dienone is 2. The van der Waals surface area contributed by atoms with Crippen molar-refractivity contribution in [1.29, 1.82) is 0 Å². The minimum Gasteiger partial charge on any atom is -0.481 e. The quantitative estimate of drug-likeness (QED) is 0.289.